The Morgan fingerprint density at radius 3 is 2.80 bits per heavy atom. The molecule has 3 aliphatic heterocycles. The zero-order valence-electron chi connectivity index (χ0n) is 12.0. The molecule has 0 aromatic heterocycles. The Balaban J connectivity index is 1.63. The molecule has 3 saturated heterocycles. The van der Waals surface area contributed by atoms with Gasteiger partial charge in [0.15, 0.2) is 0 Å². The van der Waals surface area contributed by atoms with Gasteiger partial charge >= 0.3 is 6.09 Å². The van der Waals surface area contributed by atoms with E-state index >= 15 is 0 Å². The van der Waals surface area contributed by atoms with Crippen molar-refractivity contribution < 1.29 is 14.6 Å². The van der Waals surface area contributed by atoms with Crippen LogP contribution in [0, 0.1) is 11.3 Å². The lowest BCUT2D eigenvalue weighted by Gasteiger charge is -2.55. The molecular formula is C15H24N2O3. The second-order valence-electron chi connectivity index (χ2n) is 7.04. The molecule has 4 unspecified atom stereocenters. The highest BCUT2D eigenvalue weighted by molar-refractivity contribution is 5.70. The Morgan fingerprint density at radius 1 is 1.40 bits per heavy atom. The van der Waals surface area contributed by atoms with Crippen LogP contribution >= 0.6 is 0 Å². The molecule has 20 heavy (non-hydrogen) atoms. The maximum Gasteiger partial charge on any atom is 0.410 e. The molecule has 0 aromatic rings. The summed E-state index contributed by atoms with van der Waals surface area (Å²) in [6.07, 6.45) is 5.29. The number of amides is 1. The van der Waals surface area contributed by atoms with Crippen molar-refractivity contribution in [3.05, 3.63) is 0 Å². The van der Waals surface area contributed by atoms with Crippen LogP contribution in [0.4, 0.5) is 4.79 Å². The predicted molar refractivity (Wildman–Crippen MR) is 73.2 cm³/mol. The van der Waals surface area contributed by atoms with Gasteiger partial charge in [0.1, 0.15) is 0 Å². The number of nitrogens with zero attached hydrogens (tertiary/aromatic N) is 1. The van der Waals surface area contributed by atoms with Gasteiger partial charge in [-0.15, -0.1) is 0 Å². The summed E-state index contributed by atoms with van der Waals surface area (Å²) in [6, 6.07) is 0.116. The van der Waals surface area contributed by atoms with E-state index in [1.807, 2.05) is 11.8 Å². The van der Waals surface area contributed by atoms with Crippen LogP contribution in [0.25, 0.3) is 0 Å². The summed E-state index contributed by atoms with van der Waals surface area (Å²) in [4.78, 5) is 14.0. The summed E-state index contributed by atoms with van der Waals surface area (Å²) in [5, 5.41) is 14.1. The average Bonchev–Trinajstić information content (AvgIpc) is 2.46. The quantitative estimate of drug-likeness (QED) is 0.795. The zero-order valence-corrected chi connectivity index (χ0v) is 12.0. The van der Waals surface area contributed by atoms with E-state index in [0.29, 0.717) is 12.0 Å². The summed E-state index contributed by atoms with van der Waals surface area (Å²) in [6.45, 7) is 3.25. The molecule has 5 heteroatoms. The van der Waals surface area contributed by atoms with Crippen LogP contribution < -0.4 is 5.32 Å². The molecule has 4 rings (SSSR count). The molecule has 3 heterocycles. The maximum atomic E-state index is 12.2. The first-order valence-electron chi connectivity index (χ1n) is 8.03. The van der Waals surface area contributed by atoms with E-state index in [2.05, 4.69) is 5.32 Å². The third-order valence-electron chi connectivity index (χ3n) is 6.26. The Kier molecular flexibility index (Phi) is 2.80. The number of hydrogen-bond donors (Lipinski definition) is 2. The Morgan fingerprint density at radius 2 is 2.15 bits per heavy atom. The van der Waals surface area contributed by atoms with Gasteiger partial charge < -0.3 is 15.2 Å². The minimum Gasteiger partial charge on any atom is -0.450 e. The smallest absolute Gasteiger partial charge is 0.410 e. The average molecular weight is 280 g/mol. The van der Waals surface area contributed by atoms with Gasteiger partial charge in [0, 0.05) is 6.54 Å². The van der Waals surface area contributed by atoms with Crippen LogP contribution in [0.1, 0.15) is 39.0 Å². The lowest BCUT2D eigenvalue weighted by atomic mass is 9.58. The van der Waals surface area contributed by atoms with Crippen molar-refractivity contribution in [2.24, 2.45) is 11.3 Å². The van der Waals surface area contributed by atoms with Crippen molar-refractivity contribution in [3.63, 3.8) is 0 Å². The SMILES string of the molecule is CCOC(=O)N1C2CC3(C4CCC4)CNC2[C@@H](O)C1C3. The molecule has 1 saturated carbocycles. The summed E-state index contributed by atoms with van der Waals surface area (Å²) in [7, 11) is 0. The maximum absolute atomic E-state index is 12.2. The number of carbonyl (C=O) groups is 1. The number of piperidine rings is 2. The second-order valence-corrected chi connectivity index (χ2v) is 7.04. The first kappa shape index (κ1) is 12.9. The van der Waals surface area contributed by atoms with E-state index in [4.69, 9.17) is 4.74 Å². The van der Waals surface area contributed by atoms with Crippen LogP contribution in [0.15, 0.2) is 0 Å². The number of hydrogen-bond acceptors (Lipinski definition) is 4. The lowest BCUT2D eigenvalue weighted by Crippen LogP contribution is -2.63. The Hall–Kier alpha value is -0.810. The number of aliphatic hydroxyl groups excluding tert-OH is 1. The fourth-order valence-electron chi connectivity index (χ4n) is 5.10. The second kappa shape index (κ2) is 4.34. The number of carbonyl (C=O) groups excluding carboxylic acids is 1. The van der Waals surface area contributed by atoms with Gasteiger partial charge in [-0.2, -0.15) is 0 Å². The van der Waals surface area contributed by atoms with Gasteiger partial charge in [-0.1, -0.05) is 6.42 Å². The van der Waals surface area contributed by atoms with Crippen molar-refractivity contribution in [3.8, 4) is 0 Å². The fraction of sp³-hybridized carbons (Fsp3) is 0.933. The van der Waals surface area contributed by atoms with Gasteiger partial charge in [0.05, 0.1) is 30.8 Å². The predicted octanol–water partition coefficient (Wildman–Crippen LogP) is 1.11. The number of nitrogens with one attached hydrogen (secondary N) is 1. The van der Waals surface area contributed by atoms with Crippen molar-refractivity contribution >= 4 is 6.09 Å². The van der Waals surface area contributed by atoms with E-state index in [0.717, 1.165) is 25.3 Å². The van der Waals surface area contributed by atoms with Gasteiger partial charge in [-0.05, 0) is 43.9 Å². The zero-order chi connectivity index (χ0) is 13.9. The Labute approximate surface area is 119 Å². The first-order valence-corrected chi connectivity index (χ1v) is 8.03. The van der Waals surface area contributed by atoms with Crippen molar-refractivity contribution in [1.82, 2.24) is 10.2 Å². The van der Waals surface area contributed by atoms with Gasteiger partial charge in [-0.3, -0.25) is 4.90 Å². The van der Waals surface area contributed by atoms with E-state index in [-0.39, 0.29) is 24.2 Å². The lowest BCUT2D eigenvalue weighted by molar-refractivity contribution is -0.0446. The van der Waals surface area contributed by atoms with Crippen LogP contribution in [-0.4, -0.2) is 53.5 Å². The Bertz CT molecular complexity index is 423. The summed E-state index contributed by atoms with van der Waals surface area (Å²) in [5.41, 5.74) is 0.310. The highest BCUT2D eigenvalue weighted by atomic mass is 16.6. The van der Waals surface area contributed by atoms with Crippen LogP contribution in [0.5, 0.6) is 0 Å². The molecule has 4 fully saturated rings. The topological polar surface area (TPSA) is 61.8 Å². The number of rotatable bonds is 2. The minimum atomic E-state index is -0.436. The van der Waals surface area contributed by atoms with E-state index in [1.165, 1.54) is 19.3 Å². The standard InChI is InChI=1S/C15H24N2O3/c1-2-20-14(19)17-10-6-15(9-4-3-5-9)7-11(17)13(18)12(10)16-8-15/h9-13,16,18H,2-8H2,1H3/t10?,11?,12?,13-,15?/m0/s1. The summed E-state index contributed by atoms with van der Waals surface area (Å²) < 4.78 is 5.20. The molecule has 112 valence electrons. The van der Waals surface area contributed by atoms with E-state index in [1.54, 1.807) is 0 Å². The molecule has 4 aliphatic rings. The third-order valence-corrected chi connectivity index (χ3v) is 6.26. The highest BCUT2D eigenvalue weighted by Gasteiger charge is 2.63. The van der Waals surface area contributed by atoms with Crippen molar-refractivity contribution in [2.45, 2.75) is 63.3 Å². The number of ether oxygens (including phenoxy) is 1. The van der Waals surface area contributed by atoms with Crippen LogP contribution in [0.2, 0.25) is 0 Å². The van der Waals surface area contributed by atoms with Crippen LogP contribution in [-0.2, 0) is 4.74 Å². The fourth-order valence-corrected chi connectivity index (χ4v) is 5.10. The van der Waals surface area contributed by atoms with E-state index < -0.39 is 6.10 Å². The minimum absolute atomic E-state index is 0.0418. The largest absolute Gasteiger partial charge is 0.450 e. The molecule has 5 atom stereocenters. The molecule has 0 radical (unpaired) electrons. The molecular weight excluding hydrogens is 256 g/mol. The molecule has 0 spiro atoms. The van der Waals surface area contributed by atoms with Crippen molar-refractivity contribution in [1.29, 1.82) is 0 Å². The van der Waals surface area contributed by atoms with Gasteiger partial charge in [-0.25, -0.2) is 4.79 Å². The normalized spacial score (nSPS) is 46.4. The van der Waals surface area contributed by atoms with Crippen molar-refractivity contribution in [2.75, 3.05) is 13.2 Å². The first-order chi connectivity index (χ1) is 9.66. The number of aliphatic hydroxyl groups is 1. The summed E-state index contributed by atoms with van der Waals surface area (Å²) >= 11 is 0. The third kappa shape index (κ3) is 1.53. The van der Waals surface area contributed by atoms with Gasteiger partial charge in [0.25, 0.3) is 0 Å². The summed E-state index contributed by atoms with van der Waals surface area (Å²) in [5.74, 6) is 0.788. The molecule has 5 nitrogen and oxygen atoms in total. The van der Waals surface area contributed by atoms with Gasteiger partial charge in [0.2, 0.25) is 0 Å². The molecule has 0 aromatic carbocycles. The van der Waals surface area contributed by atoms with E-state index in [9.17, 15) is 9.90 Å². The molecule has 1 amide bonds. The molecule has 2 N–H and O–H groups in total. The number of fused-ring (bicyclic) bond motifs is 2. The molecule has 3 bridgehead atoms. The molecule has 1 aliphatic carbocycles. The monoisotopic (exact) mass is 280 g/mol. The van der Waals surface area contributed by atoms with Crippen LogP contribution in [0.3, 0.4) is 0 Å². The highest BCUT2D eigenvalue weighted by Crippen LogP contribution is 2.56.